The van der Waals surface area contributed by atoms with Gasteiger partial charge in [-0.25, -0.2) is 4.79 Å². The lowest BCUT2D eigenvalue weighted by Gasteiger charge is -2.12. The van der Waals surface area contributed by atoms with Crippen LogP contribution in [-0.2, 0) is 9.53 Å². The van der Waals surface area contributed by atoms with Gasteiger partial charge in [0.25, 0.3) is 0 Å². The molecule has 0 heterocycles. The normalized spacial score (nSPS) is 22.5. The lowest BCUT2D eigenvalue weighted by Crippen LogP contribution is -2.25. The Bertz CT molecular complexity index is 149. The molecule has 1 aliphatic carbocycles. The topological polar surface area (TPSA) is 46.5 Å². The molecule has 1 fully saturated rings. The Hall–Kier alpha value is -0.570. The predicted octanol–water partition coefficient (Wildman–Crippen LogP) is 0.709. The summed E-state index contributed by atoms with van der Waals surface area (Å²) in [7, 11) is 0. The Balaban J connectivity index is 2.23. The van der Waals surface area contributed by atoms with Gasteiger partial charge in [0.05, 0.1) is 0 Å². The van der Waals surface area contributed by atoms with Crippen molar-refractivity contribution in [2.24, 2.45) is 5.92 Å². The van der Waals surface area contributed by atoms with Gasteiger partial charge < -0.3 is 9.84 Å². The Labute approximate surface area is 66.4 Å². The highest BCUT2D eigenvalue weighted by atomic mass is 16.6. The fourth-order valence-corrected chi connectivity index (χ4v) is 0.944. The van der Waals surface area contributed by atoms with Crippen molar-refractivity contribution in [3.63, 3.8) is 0 Å². The maximum Gasteiger partial charge on any atom is 0.334 e. The van der Waals surface area contributed by atoms with E-state index in [1.54, 1.807) is 0 Å². The predicted molar refractivity (Wildman–Crippen MR) is 40.0 cm³/mol. The number of hydrogen-bond donors (Lipinski definition) is 1. The summed E-state index contributed by atoms with van der Waals surface area (Å²) >= 11 is 0. The van der Waals surface area contributed by atoms with Gasteiger partial charge in [0.1, 0.15) is 12.2 Å². The summed E-state index contributed by atoms with van der Waals surface area (Å²) in [5.41, 5.74) is 0. The Kier molecular flexibility index (Phi) is 2.49. The fourth-order valence-electron chi connectivity index (χ4n) is 0.944. The van der Waals surface area contributed by atoms with Gasteiger partial charge in [-0.15, -0.1) is 0 Å². The van der Waals surface area contributed by atoms with Crippen LogP contribution in [0, 0.1) is 5.92 Å². The van der Waals surface area contributed by atoms with Gasteiger partial charge in [0.15, 0.2) is 0 Å². The highest BCUT2D eigenvalue weighted by molar-refractivity contribution is 5.73. The average Bonchev–Trinajstić information content (AvgIpc) is 2.67. The van der Waals surface area contributed by atoms with Crippen molar-refractivity contribution in [1.29, 1.82) is 0 Å². The quantitative estimate of drug-likeness (QED) is 0.615. The first-order valence-electron chi connectivity index (χ1n) is 4.00. The van der Waals surface area contributed by atoms with Crippen molar-refractivity contribution in [3.8, 4) is 0 Å². The van der Waals surface area contributed by atoms with Gasteiger partial charge >= 0.3 is 5.97 Å². The molecular formula is C8H14O3. The number of carbonyl (C=O) groups excluding carboxylic acids is 1. The van der Waals surface area contributed by atoms with Crippen LogP contribution in [-0.4, -0.2) is 23.3 Å². The Morgan fingerprint density at radius 3 is 2.45 bits per heavy atom. The van der Waals surface area contributed by atoms with Gasteiger partial charge in [0, 0.05) is 0 Å². The van der Waals surface area contributed by atoms with E-state index in [1.807, 2.05) is 6.92 Å². The van der Waals surface area contributed by atoms with E-state index < -0.39 is 12.1 Å². The molecule has 0 spiro atoms. The molecule has 0 bridgehead atoms. The van der Waals surface area contributed by atoms with Crippen LogP contribution in [0.1, 0.15) is 26.7 Å². The highest BCUT2D eigenvalue weighted by Gasteiger charge is 2.31. The third-order valence-electron chi connectivity index (χ3n) is 1.93. The molecule has 0 aromatic carbocycles. The molecule has 64 valence electrons. The van der Waals surface area contributed by atoms with E-state index >= 15 is 0 Å². The summed E-state index contributed by atoms with van der Waals surface area (Å²) in [5.74, 6) is 0.0297. The minimum Gasteiger partial charge on any atom is -0.460 e. The largest absolute Gasteiger partial charge is 0.460 e. The maximum absolute atomic E-state index is 10.8. The van der Waals surface area contributed by atoms with E-state index in [-0.39, 0.29) is 6.10 Å². The number of hydrogen-bond acceptors (Lipinski definition) is 3. The van der Waals surface area contributed by atoms with E-state index in [0.29, 0.717) is 5.92 Å². The smallest absolute Gasteiger partial charge is 0.334 e. The molecule has 1 aliphatic rings. The Morgan fingerprint density at radius 1 is 1.55 bits per heavy atom. The van der Waals surface area contributed by atoms with E-state index in [0.717, 1.165) is 12.8 Å². The fraction of sp³-hybridized carbons (Fsp3) is 0.875. The monoisotopic (exact) mass is 158 g/mol. The van der Waals surface area contributed by atoms with E-state index in [2.05, 4.69) is 0 Å². The van der Waals surface area contributed by atoms with Gasteiger partial charge in [-0.1, -0.05) is 0 Å². The number of carbonyl (C=O) groups is 1. The average molecular weight is 158 g/mol. The molecule has 0 radical (unpaired) electrons. The van der Waals surface area contributed by atoms with Crippen molar-refractivity contribution in [3.05, 3.63) is 0 Å². The van der Waals surface area contributed by atoms with E-state index in [4.69, 9.17) is 9.84 Å². The van der Waals surface area contributed by atoms with Crippen LogP contribution >= 0.6 is 0 Å². The summed E-state index contributed by atoms with van der Waals surface area (Å²) in [6.07, 6.45) is 1.29. The highest BCUT2D eigenvalue weighted by Crippen LogP contribution is 2.34. The third-order valence-corrected chi connectivity index (χ3v) is 1.93. The van der Waals surface area contributed by atoms with Gasteiger partial charge in [-0.3, -0.25) is 0 Å². The lowest BCUT2D eigenvalue weighted by atomic mass is 10.2. The number of esters is 1. The molecule has 11 heavy (non-hydrogen) atoms. The molecular weight excluding hydrogens is 144 g/mol. The number of aliphatic hydroxyl groups excluding tert-OH is 1. The second-order valence-electron chi connectivity index (χ2n) is 3.16. The SMILES string of the molecule is C[C@H](OC(=O)[C@@H](C)O)C1CC1. The van der Waals surface area contributed by atoms with Crippen molar-refractivity contribution < 1.29 is 14.6 Å². The zero-order chi connectivity index (χ0) is 8.43. The molecule has 1 saturated carbocycles. The summed E-state index contributed by atoms with van der Waals surface area (Å²) < 4.78 is 4.95. The zero-order valence-electron chi connectivity index (χ0n) is 6.91. The minimum absolute atomic E-state index is 0.0166. The van der Waals surface area contributed by atoms with Gasteiger partial charge in [-0.05, 0) is 32.6 Å². The van der Waals surface area contributed by atoms with Crippen LogP contribution in [0.4, 0.5) is 0 Å². The molecule has 1 rings (SSSR count). The molecule has 0 unspecified atom stereocenters. The number of aliphatic hydroxyl groups is 1. The molecule has 0 amide bonds. The molecule has 0 saturated heterocycles. The Morgan fingerprint density at radius 2 is 2.09 bits per heavy atom. The standard InChI is InChI=1S/C8H14O3/c1-5(9)8(10)11-6(2)7-3-4-7/h5-7,9H,3-4H2,1-2H3/t5-,6+/m1/s1. The van der Waals surface area contributed by atoms with Crippen molar-refractivity contribution in [2.45, 2.75) is 38.9 Å². The van der Waals surface area contributed by atoms with Crippen LogP contribution in [0.25, 0.3) is 0 Å². The minimum atomic E-state index is -0.990. The lowest BCUT2D eigenvalue weighted by molar-refractivity contribution is -0.158. The van der Waals surface area contributed by atoms with E-state index in [1.165, 1.54) is 6.92 Å². The van der Waals surface area contributed by atoms with Crippen molar-refractivity contribution in [2.75, 3.05) is 0 Å². The first-order valence-corrected chi connectivity index (χ1v) is 4.00. The first kappa shape index (κ1) is 8.53. The van der Waals surface area contributed by atoms with Crippen LogP contribution in [0.2, 0.25) is 0 Å². The summed E-state index contributed by atoms with van der Waals surface area (Å²) in [5, 5.41) is 8.80. The number of rotatable bonds is 3. The van der Waals surface area contributed by atoms with Crippen LogP contribution in [0.3, 0.4) is 0 Å². The number of ether oxygens (including phenoxy) is 1. The van der Waals surface area contributed by atoms with Gasteiger partial charge in [0.2, 0.25) is 0 Å². The van der Waals surface area contributed by atoms with Crippen LogP contribution in [0.5, 0.6) is 0 Å². The molecule has 0 aromatic heterocycles. The zero-order valence-corrected chi connectivity index (χ0v) is 6.91. The van der Waals surface area contributed by atoms with Crippen LogP contribution < -0.4 is 0 Å². The van der Waals surface area contributed by atoms with Crippen molar-refractivity contribution >= 4 is 5.97 Å². The molecule has 0 aliphatic heterocycles. The molecule has 3 nitrogen and oxygen atoms in total. The van der Waals surface area contributed by atoms with E-state index in [9.17, 15) is 4.79 Å². The second kappa shape index (κ2) is 3.22. The molecule has 0 aromatic rings. The van der Waals surface area contributed by atoms with Crippen molar-refractivity contribution in [1.82, 2.24) is 0 Å². The maximum atomic E-state index is 10.8. The van der Waals surface area contributed by atoms with Gasteiger partial charge in [-0.2, -0.15) is 0 Å². The second-order valence-corrected chi connectivity index (χ2v) is 3.16. The molecule has 1 N–H and O–H groups in total. The summed E-state index contributed by atoms with van der Waals surface area (Å²) in [4.78, 5) is 10.8. The third kappa shape index (κ3) is 2.50. The van der Waals surface area contributed by atoms with Crippen LogP contribution in [0.15, 0.2) is 0 Å². The summed E-state index contributed by atoms with van der Waals surface area (Å²) in [6, 6.07) is 0. The molecule has 3 heteroatoms. The first-order chi connectivity index (χ1) is 5.11. The summed E-state index contributed by atoms with van der Waals surface area (Å²) in [6.45, 7) is 3.29. The molecule has 2 atom stereocenters.